The number of hydrogen-bond donors (Lipinski definition) is 2. The summed E-state index contributed by atoms with van der Waals surface area (Å²) in [5.74, 6) is 1.22. The molecule has 1 heterocycles. The van der Waals surface area contributed by atoms with E-state index < -0.39 is 0 Å². The highest BCUT2D eigenvalue weighted by Gasteiger charge is 2.01. The third-order valence-electron chi connectivity index (χ3n) is 2.27. The second kappa shape index (κ2) is 5.16. The molecular formula is C12H13N3O2. The third-order valence-corrected chi connectivity index (χ3v) is 2.27. The summed E-state index contributed by atoms with van der Waals surface area (Å²) >= 11 is 0. The Balaban J connectivity index is 2.05. The van der Waals surface area contributed by atoms with Crippen LogP contribution in [0.15, 0.2) is 36.5 Å². The van der Waals surface area contributed by atoms with Crippen molar-refractivity contribution in [1.82, 2.24) is 9.97 Å². The normalized spacial score (nSPS) is 9.94. The quantitative estimate of drug-likeness (QED) is 0.839. The first kappa shape index (κ1) is 11.2. The molecule has 0 fully saturated rings. The summed E-state index contributed by atoms with van der Waals surface area (Å²) in [4.78, 5) is 8.16. The Kier molecular flexibility index (Phi) is 3.40. The van der Waals surface area contributed by atoms with E-state index in [0.29, 0.717) is 18.4 Å². The Labute approximate surface area is 99.1 Å². The fraction of sp³-hybridized carbons (Fsp3) is 0.167. The Bertz CT molecular complexity index is 503. The summed E-state index contributed by atoms with van der Waals surface area (Å²) in [6, 6.07) is 8.79. The molecule has 1 aromatic heterocycles. The molecule has 5 heteroatoms. The number of para-hydroxylation sites is 1. The summed E-state index contributed by atoms with van der Waals surface area (Å²) < 4.78 is 4.99. The van der Waals surface area contributed by atoms with Crippen LogP contribution in [0.3, 0.4) is 0 Å². The summed E-state index contributed by atoms with van der Waals surface area (Å²) in [6.07, 6.45) is 1.61. The van der Waals surface area contributed by atoms with Crippen LogP contribution in [0.1, 0.15) is 5.56 Å². The minimum Gasteiger partial charge on any atom is -0.508 e. The van der Waals surface area contributed by atoms with Crippen molar-refractivity contribution in [2.75, 3.05) is 12.4 Å². The molecule has 0 bridgehead atoms. The van der Waals surface area contributed by atoms with Gasteiger partial charge >= 0.3 is 0 Å². The number of anilines is 1. The van der Waals surface area contributed by atoms with Gasteiger partial charge in [-0.15, -0.1) is 0 Å². The number of ether oxygens (including phenoxy) is 1. The first-order valence-electron chi connectivity index (χ1n) is 5.17. The molecule has 0 atom stereocenters. The van der Waals surface area contributed by atoms with Crippen LogP contribution in [-0.2, 0) is 6.54 Å². The van der Waals surface area contributed by atoms with Gasteiger partial charge < -0.3 is 15.2 Å². The van der Waals surface area contributed by atoms with Crippen LogP contribution in [0, 0.1) is 0 Å². The predicted octanol–water partition coefficient (Wildman–Crippen LogP) is 1.80. The average Bonchev–Trinajstić information content (AvgIpc) is 2.38. The van der Waals surface area contributed by atoms with Crippen molar-refractivity contribution in [3.05, 3.63) is 42.1 Å². The van der Waals surface area contributed by atoms with Gasteiger partial charge in [-0.25, -0.2) is 4.98 Å². The zero-order chi connectivity index (χ0) is 12.1. The highest BCUT2D eigenvalue weighted by molar-refractivity contribution is 5.36. The van der Waals surface area contributed by atoms with Crippen LogP contribution < -0.4 is 10.1 Å². The molecule has 1 aromatic carbocycles. The zero-order valence-corrected chi connectivity index (χ0v) is 9.42. The summed E-state index contributed by atoms with van der Waals surface area (Å²) in [7, 11) is 1.55. The van der Waals surface area contributed by atoms with Crippen molar-refractivity contribution in [2.24, 2.45) is 0 Å². The fourth-order valence-corrected chi connectivity index (χ4v) is 1.38. The van der Waals surface area contributed by atoms with Gasteiger partial charge in [-0.1, -0.05) is 18.2 Å². The van der Waals surface area contributed by atoms with Gasteiger partial charge in [-0.2, -0.15) is 4.98 Å². The maximum Gasteiger partial charge on any atom is 0.226 e. The molecule has 0 aliphatic rings. The van der Waals surface area contributed by atoms with Crippen molar-refractivity contribution in [3.63, 3.8) is 0 Å². The van der Waals surface area contributed by atoms with Crippen molar-refractivity contribution >= 4 is 5.95 Å². The second-order valence-electron chi connectivity index (χ2n) is 3.40. The minimum atomic E-state index is 0.253. The fourth-order valence-electron chi connectivity index (χ4n) is 1.38. The maximum atomic E-state index is 9.58. The molecule has 17 heavy (non-hydrogen) atoms. The Morgan fingerprint density at radius 3 is 2.88 bits per heavy atom. The molecule has 0 aliphatic carbocycles. The van der Waals surface area contributed by atoms with Gasteiger partial charge in [0.1, 0.15) is 5.75 Å². The summed E-state index contributed by atoms with van der Waals surface area (Å²) in [5, 5.41) is 12.6. The van der Waals surface area contributed by atoms with Crippen LogP contribution in [-0.4, -0.2) is 22.2 Å². The lowest BCUT2D eigenvalue weighted by Crippen LogP contribution is -2.04. The Morgan fingerprint density at radius 1 is 1.29 bits per heavy atom. The molecule has 2 aromatic rings. The highest BCUT2D eigenvalue weighted by atomic mass is 16.5. The van der Waals surface area contributed by atoms with E-state index in [1.165, 1.54) is 0 Å². The number of nitrogens with zero attached hydrogens (tertiary/aromatic N) is 2. The maximum absolute atomic E-state index is 9.58. The Morgan fingerprint density at radius 2 is 2.12 bits per heavy atom. The van der Waals surface area contributed by atoms with Gasteiger partial charge in [0.2, 0.25) is 11.8 Å². The van der Waals surface area contributed by atoms with E-state index >= 15 is 0 Å². The van der Waals surface area contributed by atoms with Crippen LogP contribution >= 0.6 is 0 Å². The van der Waals surface area contributed by atoms with E-state index in [4.69, 9.17) is 4.74 Å². The standard InChI is InChI=1S/C12H13N3O2/c1-17-11-6-7-13-12(15-11)14-8-9-4-2-3-5-10(9)16/h2-7,16H,8H2,1H3,(H,13,14,15). The molecule has 0 radical (unpaired) electrons. The van der Waals surface area contributed by atoms with Crippen molar-refractivity contribution < 1.29 is 9.84 Å². The molecule has 0 saturated heterocycles. The van der Waals surface area contributed by atoms with Crippen LogP contribution in [0.2, 0.25) is 0 Å². The van der Waals surface area contributed by atoms with E-state index in [-0.39, 0.29) is 5.75 Å². The molecule has 0 saturated carbocycles. The minimum absolute atomic E-state index is 0.253. The SMILES string of the molecule is COc1ccnc(NCc2ccccc2O)n1. The smallest absolute Gasteiger partial charge is 0.226 e. The van der Waals surface area contributed by atoms with E-state index in [1.54, 1.807) is 31.5 Å². The lowest BCUT2D eigenvalue weighted by Gasteiger charge is -2.07. The number of rotatable bonds is 4. The van der Waals surface area contributed by atoms with E-state index in [9.17, 15) is 5.11 Å². The van der Waals surface area contributed by atoms with E-state index in [0.717, 1.165) is 5.56 Å². The van der Waals surface area contributed by atoms with Gasteiger partial charge in [-0.05, 0) is 6.07 Å². The number of aromatic nitrogens is 2. The van der Waals surface area contributed by atoms with Gasteiger partial charge in [0.25, 0.3) is 0 Å². The molecule has 88 valence electrons. The molecule has 5 nitrogen and oxygen atoms in total. The molecule has 2 N–H and O–H groups in total. The lowest BCUT2D eigenvalue weighted by molar-refractivity contribution is 0.397. The lowest BCUT2D eigenvalue weighted by atomic mass is 10.2. The topological polar surface area (TPSA) is 67.3 Å². The molecule has 2 rings (SSSR count). The number of benzene rings is 1. The Hall–Kier alpha value is -2.30. The van der Waals surface area contributed by atoms with Crippen LogP contribution in [0.25, 0.3) is 0 Å². The molecule has 0 unspecified atom stereocenters. The number of phenolic OH excluding ortho intramolecular Hbond substituents is 1. The van der Waals surface area contributed by atoms with Crippen molar-refractivity contribution in [1.29, 1.82) is 0 Å². The van der Waals surface area contributed by atoms with E-state index in [1.807, 2.05) is 12.1 Å². The van der Waals surface area contributed by atoms with Crippen LogP contribution in [0.5, 0.6) is 11.6 Å². The van der Waals surface area contributed by atoms with Gasteiger partial charge in [0, 0.05) is 24.4 Å². The number of aromatic hydroxyl groups is 1. The first-order chi connectivity index (χ1) is 8.29. The van der Waals surface area contributed by atoms with Gasteiger partial charge in [0.05, 0.1) is 7.11 Å². The van der Waals surface area contributed by atoms with Crippen LogP contribution in [0.4, 0.5) is 5.95 Å². The number of nitrogens with one attached hydrogen (secondary N) is 1. The first-order valence-corrected chi connectivity index (χ1v) is 5.17. The zero-order valence-electron chi connectivity index (χ0n) is 9.42. The van der Waals surface area contributed by atoms with Crippen molar-refractivity contribution in [2.45, 2.75) is 6.54 Å². The molecule has 0 spiro atoms. The molecular weight excluding hydrogens is 218 g/mol. The number of phenols is 1. The monoisotopic (exact) mass is 231 g/mol. The summed E-state index contributed by atoms with van der Waals surface area (Å²) in [6.45, 7) is 0.458. The van der Waals surface area contributed by atoms with Gasteiger partial charge in [-0.3, -0.25) is 0 Å². The summed E-state index contributed by atoms with van der Waals surface area (Å²) in [5.41, 5.74) is 0.791. The van der Waals surface area contributed by atoms with E-state index in [2.05, 4.69) is 15.3 Å². The highest BCUT2D eigenvalue weighted by Crippen LogP contribution is 2.16. The molecule has 0 amide bonds. The molecule has 0 aliphatic heterocycles. The third kappa shape index (κ3) is 2.84. The number of methoxy groups -OCH3 is 1. The largest absolute Gasteiger partial charge is 0.508 e. The number of hydrogen-bond acceptors (Lipinski definition) is 5. The predicted molar refractivity (Wildman–Crippen MR) is 64.0 cm³/mol. The average molecular weight is 231 g/mol. The second-order valence-corrected chi connectivity index (χ2v) is 3.40. The van der Waals surface area contributed by atoms with Gasteiger partial charge in [0.15, 0.2) is 0 Å². The van der Waals surface area contributed by atoms with Crippen molar-refractivity contribution in [3.8, 4) is 11.6 Å².